The summed E-state index contributed by atoms with van der Waals surface area (Å²) in [5.41, 5.74) is 0.880. The summed E-state index contributed by atoms with van der Waals surface area (Å²) in [4.78, 5) is 33.3. The van der Waals surface area contributed by atoms with Gasteiger partial charge in [-0.05, 0) is 31.4 Å². The Morgan fingerprint density at radius 1 is 1.12 bits per heavy atom. The van der Waals surface area contributed by atoms with Crippen molar-refractivity contribution in [3.63, 3.8) is 0 Å². The SMILES string of the molecule is O=C1CC[C@H](C(=O)N2CCCCCCC2)CN1Cc1ccccn1. The summed E-state index contributed by atoms with van der Waals surface area (Å²) in [5, 5.41) is 0. The summed E-state index contributed by atoms with van der Waals surface area (Å²) in [6.45, 7) is 2.79. The Hall–Kier alpha value is -1.91. The van der Waals surface area contributed by atoms with Crippen LogP contribution in [0.5, 0.6) is 0 Å². The molecule has 3 heterocycles. The van der Waals surface area contributed by atoms with E-state index in [0.29, 0.717) is 25.9 Å². The molecule has 1 aromatic rings. The monoisotopic (exact) mass is 329 g/mol. The third-order valence-corrected chi connectivity index (χ3v) is 5.10. The van der Waals surface area contributed by atoms with E-state index in [1.54, 1.807) is 11.1 Å². The van der Waals surface area contributed by atoms with Gasteiger partial charge in [-0.1, -0.05) is 25.3 Å². The van der Waals surface area contributed by atoms with Crippen molar-refractivity contribution in [1.82, 2.24) is 14.8 Å². The van der Waals surface area contributed by atoms with E-state index < -0.39 is 0 Å². The van der Waals surface area contributed by atoms with E-state index in [1.165, 1.54) is 19.3 Å². The molecule has 0 N–H and O–H groups in total. The highest BCUT2D eigenvalue weighted by Crippen LogP contribution is 2.22. The average Bonchev–Trinajstić information content (AvgIpc) is 2.57. The van der Waals surface area contributed by atoms with Crippen LogP contribution in [-0.2, 0) is 16.1 Å². The lowest BCUT2D eigenvalue weighted by atomic mass is 9.95. The zero-order valence-electron chi connectivity index (χ0n) is 14.3. The second-order valence-electron chi connectivity index (χ2n) is 6.92. The van der Waals surface area contributed by atoms with Crippen molar-refractivity contribution >= 4 is 11.8 Å². The number of likely N-dealkylation sites (tertiary alicyclic amines) is 2. The molecule has 0 aliphatic carbocycles. The first-order valence-electron chi connectivity index (χ1n) is 9.20. The number of nitrogens with zero attached hydrogens (tertiary/aromatic N) is 3. The quantitative estimate of drug-likeness (QED) is 0.856. The molecule has 5 heteroatoms. The van der Waals surface area contributed by atoms with Gasteiger partial charge in [0.1, 0.15) is 0 Å². The molecule has 130 valence electrons. The van der Waals surface area contributed by atoms with Crippen molar-refractivity contribution in [1.29, 1.82) is 0 Å². The molecule has 5 nitrogen and oxygen atoms in total. The van der Waals surface area contributed by atoms with Crippen LogP contribution in [0, 0.1) is 5.92 Å². The number of hydrogen-bond donors (Lipinski definition) is 0. The Labute approximate surface area is 144 Å². The zero-order valence-corrected chi connectivity index (χ0v) is 14.3. The highest BCUT2D eigenvalue weighted by atomic mass is 16.2. The Morgan fingerprint density at radius 3 is 2.58 bits per heavy atom. The molecule has 0 radical (unpaired) electrons. The first-order valence-corrected chi connectivity index (χ1v) is 9.20. The van der Waals surface area contributed by atoms with Gasteiger partial charge in [0, 0.05) is 32.3 Å². The summed E-state index contributed by atoms with van der Waals surface area (Å²) < 4.78 is 0. The lowest BCUT2D eigenvalue weighted by Crippen LogP contribution is -2.47. The first-order chi connectivity index (χ1) is 11.7. The average molecular weight is 329 g/mol. The van der Waals surface area contributed by atoms with Crippen molar-refractivity contribution in [2.24, 2.45) is 5.92 Å². The van der Waals surface area contributed by atoms with Crippen molar-refractivity contribution in [3.05, 3.63) is 30.1 Å². The lowest BCUT2D eigenvalue weighted by molar-refractivity contribution is -0.143. The van der Waals surface area contributed by atoms with Gasteiger partial charge in [-0.25, -0.2) is 0 Å². The normalized spacial score (nSPS) is 22.8. The standard InChI is InChI=1S/C19H27N3O2/c23-18-10-9-16(14-22(18)15-17-8-4-5-11-20-17)19(24)21-12-6-2-1-3-7-13-21/h4-5,8,11,16H,1-3,6-7,9-10,12-15H2/t16-/m0/s1. The van der Waals surface area contributed by atoms with Crippen LogP contribution < -0.4 is 0 Å². The van der Waals surface area contributed by atoms with Crippen LogP contribution in [0.3, 0.4) is 0 Å². The minimum atomic E-state index is -0.0501. The molecule has 1 aromatic heterocycles. The summed E-state index contributed by atoms with van der Waals surface area (Å²) in [5.74, 6) is 0.332. The topological polar surface area (TPSA) is 53.5 Å². The molecule has 24 heavy (non-hydrogen) atoms. The molecule has 0 aromatic carbocycles. The molecule has 0 bridgehead atoms. The predicted molar refractivity (Wildman–Crippen MR) is 92.0 cm³/mol. The lowest BCUT2D eigenvalue weighted by Gasteiger charge is -2.35. The van der Waals surface area contributed by atoms with Crippen LogP contribution in [0.15, 0.2) is 24.4 Å². The van der Waals surface area contributed by atoms with Gasteiger partial charge in [0.25, 0.3) is 0 Å². The number of amides is 2. The van der Waals surface area contributed by atoms with E-state index in [-0.39, 0.29) is 17.7 Å². The smallest absolute Gasteiger partial charge is 0.227 e. The van der Waals surface area contributed by atoms with Crippen molar-refractivity contribution in [3.8, 4) is 0 Å². The minimum Gasteiger partial charge on any atom is -0.342 e. The van der Waals surface area contributed by atoms with E-state index >= 15 is 0 Å². The van der Waals surface area contributed by atoms with Crippen LogP contribution in [0.25, 0.3) is 0 Å². The molecule has 0 spiro atoms. The Kier molecular flexibility index (Phi) is 5.83. The van der Waals surface area contributed by atoms with Crippen molar-refractivity contribution in [2.75, 3.05) is 19.6 Å². The maximum atomic E-state index is 12.9. The number of hydrogen-bond acceptors (Lipinski definition) is 3. The molecule has 2 fully saturated rings. The number of aromatic nitrogens is 1. The highest BCUT2D eigenvalue weighted by molar-refractivity contribution is 5.83. The van der Waals surface area contributed by atoms with E-state index in [0.717, 1.165) is 31.6 Å². The minimum absolute atomic E-state index is 0.0501. The second-order valence-corrected chi connectivity index (χ2v) is 6.92. The van der Waals surface area contributed by atoms with Crippen LogP contribution in [0.1, 0.15) is 50.6 Å². The van der Waals surface area contributed by atoms with E-state index in [4.69, 9.17) is 0 Å². The number of carbonyl (C=O) groups is 2. The molecule has 2 amide bonds. The summed E-state index contributed by atoms with van der Waals surface area (Å²) >= 11 is 0. The predicted octanol–water partition coefficient (Wildman–Crippen LogP) is 2.61. The zero-order chi connectivity index (χ0) is 16.8. The highest BCUT2D eigenvalue weighted by Gasteiger charge is 2.32. The fraction of sp³-hybridized carbons (Fsp3) is 0.632. The van der Waals surface area contributed by atoms with Crippen molar-refractivity contribution in [2.45, 2.75) is 51.5 Å². The van der Waals surface area contributed by atoms with Crippen LogP contribution in [-0.4, -0.2) is 46.2 Å². The maximum Gasteiger partial charge on any atom is 0.227 e. The molecule has 3 rings (SSSR count). The number of pyridine rings is 1. The van der Waals surface area contributed by atoms with Crippen LogP contribution in [0.4, 0.5) is 0 Å². The van der Waals surface area contributed by atoms with Gasteiger partial charge in [-0.2, -0.15) is 0 Å². The molecule has 2 aliphatic rings. The first kappa shape index (κ1) is 16.9. The number of rotatable bonds is 3. The fourth-order valence-corrected chi connectivity index (χ4v) is 3.68. The van der Waals surface area contributed by atoms with Crippen molar-refractivity contribution < 1.29 is 9.59 Å². The molecule has 0 unspecified atom stereocenters. The molecule has 2 aliphatic heterocycles. The Morgan fingerprint density at radius 2 is 1.88 bits per heavy atom. The van der Waals surface area contributed by atoms with E-state index in [9.17, 15) is 9.59 Å². The van der Waals surface area contributed by atoms with Gasteiger partial charge in [-0.15, -0.1) is 0 Å². The van der Waals surface area contributed by atoms with E-state index in [1.807, 2.05) is 23.1 Å². The number of piperidine rings is 1. The van der Waals surface area contributed by atoms with Gasteiger partial charge in [0.05, 0.1) is 18.2 Å². The second kappa shape index (κ2) is 8.27. The van der Waals surface area contributed by atoms with E-state index in [2.05, 4.69) is 4.98 Å². The Balaban J connectivity index is 1.61. The van der Waals surface area contributed by atoms with Gasteiger partial charge < -0.3 is 9.80 Å². The third-order valence-electron chi connectivity index (χ3n) is 5.10. The molecule has 0 saturated carbocycles. The van der Waals surface area contributed by atoms with Crippen LogP contribution in [0.2, 0.25) is 0 Å². The van der Waals surface area contributed by atoms with Gasteiger partial charge in [-0.3, -0.25) is 14.6 Å². The van der Waals surface area contributed by atoms with Gasteiger partial charge in [0.2, 0.25) is 11.8 Å². The molecule has 1 atom stereocenters. The fourth-order valence-electron chi connectivity index (χ4n) is 3.68. The number of carbonyl (C=O) groups excluding carboxylic acids is 2. The van der Waals surface area contributed by atoms with Gasteiger partial charge in [0.15, 0.2) is 0 Å². The molecule has 2 saturated heterocycles. The van der Waals surface area contributed by atoms with Crippen LogP contribution >= 0.6 is 0 Å². The third kappa shape index (κ3) is 4.34. The largest absolute Gasteiger partial charge is 0.342 e. The summed E-state index contributed by atoms with van der Waals surface area (Å²) in [7, 11) is 0. The molecular weight excluding hydrogens is 302 g/mol. The maximum absolute atomic E-state index is 12.9. The Bertz CT molecular complexity index is 553. The summed E-state index contributed by atoms with van der Waals surface area (Å²) in [6, 6.07) is 5.73. The van der Waals surface area contributed by atoms with Gasteiger partial charge >= 0.3 is 0 Å². The summed E-state index contributed by atoms with van der Waals surface area (Å²) in [6.07, 6.45) is 8.84. The molecular formula is C19H27N3O2.